The highest BCUT2D eigenvalue weighted by atomic mass is 16.2. The number of carbonyl (C=O) groups is 1. The highest BCUT2D eigenvalue weighted by Gasteiger charge is 2.07. The molecular formula is C21H30N4O. The second-order valence-corrected chi connectivity index (χ2v) is 7.05. The lowest BCUT2D eigenvalue weighted by Crippen LogP contribution is -2.35. The van der Waals surface area contributed by atoms with Crippen LogP contribution in [0.3, 0.4) is 0 Å². The van der Waals surface area contributed by atoms with Crippen LogP contribution in [0.2, 0.25) is 0 Å². The van der Waals surface area contributed by atoms with E-state index in [0.29, 0.717) is 13.1 Å². The summed E-state index contributed by atoms with van der Waals surface area (Å²) in [5, 5.41) is 5.93. The lowest BCUT2D eigenvalue weighted by molar-refractivity contribution is 0.240. The van der Waals surface area contributed by atoms with Gasteiger partial charge in [-0.1, -0.05) is 48.5 Å². The van der Waals surface area contributed by atoms with Crippen molar-refractivity contribution in [1.82, 2.24) is 20.4 Å². The fraction of sp³-hybridized carbons (Fsp3) is 0.381. The summed E-state index contributed by atoms with van der Waals surface area (Å²) >= 11 is 0. The van der Waals surface area contributed by atoms with Crippen LogP contribution < -0.4 is 10.6 Å². The maximum absolute atomic E-state index is 12.2. The van der Waals surface area contributed by atoms with Gasteiger partial charge in [0, 0.05) is 26.2 Å². The van der Waals surface area contributed by atoms with Crippen molar-refractivity contribution < 1.29 is 4.79 Å². The molecule has 0 saturated carbocycles. The summed E-state index contributed by atoms with van der Waals surface area (Å²) in [5.41, 5.74) is 4.75. The zero-order valence-electron chi connectivity index (χ0n) is 16.2. The number of hydrogen-bond acceptors (Lipinski definition) is 3. The number of rotatable bonds is 8. The molecule has 2 amide bonds. The summed E-state index contributed by atoms with van der Waals surface area (Å²) in [6, 6.07) is 16.3. The van der Waals surface area contributed by atoms with Gasteiger partial charge < -0.3 is 20.4 Å². The zero-order chi connectivity index (χ0) is 18.9. The molecule has 0 radical (unpaired) electrons. The number of hydrogen-bond donors (Lipinski definition) is 2. The van der Waals surface area contributed by atoms with Gasteiger partial charge in [0.05, 0.1) is 0 Å². The highest BCUT2D eigenvalue weighted by Crippen LogP contribution is 2.11. The molecule has 0 heterocycles. The Morgan fingerprint density at radius 2 is 1.04 bits per heavy atom. The fourth-order valence-electron chi connectivity index (χ4n) is 2.86. The van der Waals surface area contributed by atoms with Crippen LogP contribution in [-0.2, 0) is 26.2 Å². The molecule has 5 heteroatoms. The van der Waals surface area contributed by atoms with E-state index in [9.17, 15) is 4.79 Å². The fourth-order valence-corrected chi connectivity index (χ4v) is 2.86. The van der Waals surface area contributed by atoms with Crippen molar-refractivity contribution in [2.75, 3.05) is 28.2 Å². The molecule has 0 saturated heterocycles. The molecule has 0 aliphatic carbocycles. The van der Waals surface area contributed by atoms with Gasteiger partial charge in [-0.3, -0.25) is 0 Å². The lowest BCUT2D eigenvalue weighted by Gasteiger charge is -2.16. The molecule has 5 nitrogen and oxygen atoms in total. The largest absolute Gasteiger partial charge is 0.334 e. The molecule has 0 spiro atoms. The van der Waals surface area contributed by atoms with Crippen molar-refractivity contribution in [2.45, 2.75) is 26.2 Å². The molecule has 2 aromatic rings. The zero-order valence-corrected chi connectivity index (χ0v) is 16.2. The summed E-state index contributed by atoms with van der Waals surface area (Å²) in [5.74, 6) is 0. The second kappa shape index (κ2) is 9.94. The Bertz CT molecular complexity index is 653. The topological polar surface area (TPSA) is 47.6 Å². The van der Waals surface area contributed by atoms with E-state index in [4.69, 9.17) is 0 Å². The standard InChI is InChI=1S/C21H30N4O/c1-24(2)15-19-11-7-5-9-17(19)13-22-21(26)23-14-18-10-6-8-12-20(18)16-25(3)4/h5-12H,13-16H2,1-4H3,(H2,22,23,26). The molecule has 140 valence electrons. The van der Waals surface area contributed by atoms with E-state index in [1.54, 1.807) is 0 Å². The predicted octanol–water partition coefficient (Wildman–Crippen LogP) is 2.81. The van der Waals surface area contributed by atoms with Crippen molar-refractivity contribution in [2.24, 2.45) is 0 Å². The number of carbonyl (C=O) groups excluding carboxylic acids is 1. The molecule has 26 heavy (non-hydrogen) atoms. The third kappa shape index (κ3) is 6.50. The van der Waals surface area contributed by atoms with Gasteiger partial charge in [0.1, 0.15) is 0 Å². The van der Waals surface area contributed by atoms with Gasteiger partial charge in [-0.05, 0) is 50.4 Å². The summed E-state index contributed by atoms with van der Waals surface area (Å²) in [4.78, 5) is 16.5. The van der Waals surface area contributed by atoms with Crippen LogP contribution in [0, 0.1) is 0 Å². The molecular weight excluding hydrogens is 324 g/mol. The molecule has 2 N–H and O–H groups in total. The Hall–Kier alpha value is -2.37. The third-order valence-electron chi connectivity index (χ3n) is 4.09. The van der Waals surface area contributed by atoms with Crippen LogP contribution in [0.1, 0.15) is 22.3 Å². The SMILES string of the molecule is CN(C)Cc1ccccc1CNC(=O)NCc1ccccc1CN(C)C. The van der Waals surface area contributed by atoms with Gasteiger partial charge >= 0.3 is 6.03 Å². The summed E-state index contributed by atoms with van der Waals surface area (Å²) in [7, 11) is 8.17. The van der Waals surface area contributed by atoms with Crippen LogP contribution in [0.5, 0.6) is 0 Å². The monoisotopic (exact) mass is 354 g/mol. The van der Waals surface area contributed by atoms with E-state index in [0.717, 1.165) is 24.2 Å². The van der Waals surface area contributed by atoms with Crippen LogP contribution >= 0.6 is 0 Å². The molecule has 0 unspecified atom stereocenters. The molecule has 0 bridgehead atoms. The Kier molecular flexibility index (Phi) is 7.63. The van der Waals surface area contributed by atoms with Gasteiger partial charge in [-0.25, -0.2) is 4.79 Å². The quantitative estimate of drug-likeness (QED) is 0.766. The smallest absolute Gasteiger partial charge is 0.315 e. The molecule has 0 aliphatic rings. The number of benzene rings is 2. The number of amides is 2. The molecule has 0 aromatic heterocycles. The van der Waals surface area contributed by atoms with Gasteiger partial charge in [-0.2, -0.15) is 0 Å². The van der Waals surface area contributed by atoms with Crippen molar-refractivity contribution in [3.63, 3.8) is 0 Å². The Morgan fingerprint density at radius 1 is 0.692 bits per heavy atom. The van der Waals surface area contributed by atoms with Gasteiger partial charge in [0.25, 0.3) is 0 Å². The van der Waals surface area contributed by atoms with E-state index in [1.165, 1.54) is 11.1 Å². The first-order valence-corrected chi connectivity index (χ1v) is 8.90. The first kappa shape index (κ1) is 19.9. The van der Waals surface area contributed by atoms with Gasteiger partial charge in [-0.15, -0.1) is 0 Å². The van der Waals surface area contributed by atoms with Crippen LogP contribution in [0.15, 0.2) is 48.5 Å². The minimum absolute atomic E-state index is 0.149. The first-order chi connectivity index (χ1) is 12.5. The number of nitrogens with zero attached hydrogens (tertiary/aromatic N) is 2. The normalized spacial score (nSPS) is 11.0. The number of urea groups is 1. The molecule has 2 aromatic carbocycles. The van der Waals surface area contributed by atoms with E-state index in [1.807, 2.05) is 52.5 Å². The van der Waals surface area contributed by atoms with Gasteiger partial charge in [0.15, 0.2) is 0 Å². The van der Waals surface area contributed by atoms with Crippen molar-refractivity contribution in [3.05, 3.63) is 70.8 Å². The summed E-state index contributed by atoms with van der Waals surface area (Å²) in [6.45, 7) is 2.76. The molecule has 0 fully saturated rings. The lowest BCUT2D eigenvalue weighted by atomic mass is 10.1. The van der Waals surface area contributed by atoms with Crippen LogP contribution in [0.25, 0.3) is 0 Å². The average Bonchev–Trinajstić information content (AvgIpc) is 2.59. The molecule has 2 rings (SSSR count). The first-order valence-electron chi connectivity index (χ1n) is 8.90. The van der Waals surface area contributed by atoms with E-state index in [-0.39, 0.29) is 6.03 Å². The summed E-state index contributed by atoms with van der Waals surface area (Å²) in [6.07, 6.45) is 0. The van der Waals surface area contributed by atoms with Crippen LogP contribution in [-0.4, -0.2) is 44.0 Å². The molecule has 0 aliphatic heterocycles. The second-order valence-electron chi connectivity index (χ2n) is 7.05. The number of nitrogens with one attached hydrogen (secondary N) is 2. The maximum atomic E-state index is 12.2. The highest BCUT2D eigenvalue weighted by molar-refractivity contribution is 5.73. The van der Waals surface area contributed by atoms with E-state index < -0.39 is 0 Å². The van der Waals surface area contributed by atoms with E-state index >= 15 is 0 Å². The van der Waals surface area contributed by atoms with Crippen molar-refractivity contribution in [1.29, 1.82) is 0 Å². The van der Waals surface area contributed by atoms with E-state index in [2.05, 4.69) is 44.7 Å². The third-order valence-corrected chi connectivity index (χ3v) is 4.09. The van der Waals surface area contributed by atoms with Crippen molar-refractivity contribution >= 4 is 6.03 Å². The van der Waals surface area contributed by atoms with Crippen molar-refractivity contribution in [3.8, 4) is 0 Å². The molecule has 0 atom stereocenters. The summed E-state index contributed by atoms with van der Waals surface area (Å²) < 4.78 is 0. The Morgan fingerprint density at radius 3 is 1.38 bits per heavy atom. The predicted molar refractivity (Wildman–Crippen MR) is 107 cm³/mol. The Balaban J connectivity index is 1.89. The minimum Gasteiger partial charge on any atom is -0.334 e. The van der Waals surface area contributed by atoms with Gasteiger partial charge in [0.2, 0.25) is 0 Å². The maximum Gasteiger partial charge on any atom is 0.315 e. The average molecular weight is 354 g/mol. The minimum atomic E-state index is -0.149. The Labute approximate surface area is 157 Å². The van der Waals surface area contributed by atoms with Crippen LogP contribution in [0.4, 0.5) is 4.79 Å².